The molecule has 0 spiro atoms. The van der Waals surface area contributed by atoms with Crippen LogP contribution in [-0.4, -0.2) is 22.6 Å². The number of rotatable bonds is 5. The van der Waals surface area contributed by atoms with E-state index in [0.29, 0.717) is 22.2 Å². The molecule has 5 nitrogen and oxygen atoms in total. The molecule has 0 saturated heterocycles. The van der Waals surface area contributed by atoms with Gasteiger partial charge in [-0.15, -0.1) is 0 Å². The Morgan fingerprint density at radius 3 is 1.95 bits per heavy atom. The van der Waals surface area contributed by atoms with Crippen LogP contribution in [-0.2, 0) is 10.0 Å². The van der Waals surface area contributed by atoms with Crippen molar-refractivity contribution >= 4 is 27.3 Å². The molecule has 0 fully saturated rings. The molecule has 0 unspecified atom stereocenters. The van der Waals surface area contributed by atoms with E-state index in [4.69, 9.17) is 21.1 Å². The summed E-state index contributed by atoms with van der Waals surface area (Å²) in [6.07, 6.45) is 0. The summed E-state index contributed by atoms with van der Waals surface area (Å²) in [6.45, 7) is 0. The standard InChI is InChI=1S/C14H14ClNO4S/c1-19-12-7-13(20-2)9-14(8-12)21(17,18)16-11-5-3-10(15)4-6-11/h3-9,16H,1-2H3. The molecule has 2 rings (SSSR count). The van der Waals surface area contributed by atoms with Crippen LogP contribution in [0.25, 0.3) is 0 Å². The fraction of sp³-hybridized carbons (Fsp3) is 0.143. The average Bonchev–Trinajstić information content (AvgIpc) is 2.48. The van der Waals surface area contributed by atoms with Gasteiger partial charge in [-0.05, 0) is 24.3 Å². The van der Waals surface area contributed by atoms with Gasteiger partial charge in [-0.2, -0.15) is 0 Å². The molecule has 0 aromatic heterocycles. The van der Waals surface area contributed by atoms with Crippen LogP contribution in [0, 0.1) is 0 Å². The van der Waals surface area contributed by atoms with Gasteiger partial charge in [0.2, 0.25) is 0 Å². The Labute approximate surface area is 128 Å². The summed E-state index contributed by atoms with van der Waals surface area (Å²) in [5, 5.41) is 0.529. The van der Waals surface area contributed by atoms with Crippen molar-refractivity contribution in [2.75, 3.05) is 18.9 Å². The van der Waals surface area contributed by atoms with E-state index in [9.17, 15) is 8.42 Å². The van der Waals surface area contributed by atoms with Crippen molar-refractivity contribution in [2.24, 2.45) is 0 Å². The number of hydrogen-bond acceptors (Lipinski definition) is 4. The van der Waals surface area contributed by atoms with Crippen LogP contribution in [0.15, 0.2) is 47.4 Å². The summed E-state index contributed by atoms with van der Waals surface area (Å²) in [5.41, 5.74) is 0.418. The van der Waals surface area contributed by atoms with Gasteiger partial charge in [0.05, 0.1) is 19.1 Å². The van der Waals surface area contributed by atoms with Crippen molar-refractivity contribution in [1.82, 2.24) is 0 Å². The predicted octanol–water partition coefficient (Wildman–Crippen LogP) is 3.16. The van der Waals surface area contributed by atoms with Crippen molar-refractivity contribution in [3.63, 3.8) is 0 Å². The molecule has 0 amide bonds. The van der Waals surface area contributed by atoms with E-state index in [1.54, 1.807) is 30.3 Å². The average molecular weight is 328 g/mol. The smallest absolute Gasteiger partial charge is 0.262 e. The van der Waals surface area contributed by atoms with Gasteiger partial charge < -0.3 is 9.47 Å². The van der Waals surface area contributed by atoms with Crippen LogP contribution < -0.4 is 14.2 Å². The fourth-order valence-corrected chi connectivity index (χ4v) is 2.90. The summed E-state index contributed by atoms with van der Waals surface area (Å²) < 4.78 is 37.3. The van der Waals surface area contributed by atoms with Gasteiger partial charge in [-0.25, -0.2) is 8.42 Å². The highest BCUT2D eigenvalue weighted by atomic mass is 35.5. The van der Waals surface area contributed by atoms with Crippen LogP contribution in [0.3, 0.4) is 0 Å². The Morgan fingerprint density at radius 1 is 0.952 bits per heavy atom. The number of sulfonamides is 1. The van der Waals surface area contributed by atoms with Crippen molar-refractivity contribution < 1.29 is 17.9 Å². The minimum Gasteiger partial charge on any atom is -0.497 e. The molecule has 2 aromatic rings. The van der Waals surface area contributed by atoms with Crippen LogP contribution in [0.4, 0.5) is 5.69 Å². The van der Waals surface area contributed by atoms with Gasteiger partial charge in [0.25, 0.3) is 10.0 Å². The largest absolute Gasteiger partial charge is 0.497 e. The van der Waals surface area contributed by atoms with Crippen molar-refractivity contribution in [2.45, 2.75) is 4.90 Å². The first kappa shape index (κ1) is 15.5. The number of methoxy groups -OCH3 is 2. The van der Waals surface area contributed by atoms with Gasteiger partial charge in [0, 0.05) is 28.9 Å². The third-order valence-electron chi connectivity index (χ3n) is 2.73. The molecule has 0 atom stereocenters. The van der Waals surface area contributed by atoms with E-state index in [1.807, 2.05) is 0 Å². The molecule has 0 radical (unpaired) electrons. The van der Waals surface area contributed by atoms with Crippen LogP contribution in [0.2, 0.25) is 5.02 Å². The quantitative estimate of drug-likeness (QED) is 0.916. The topological polar surface area (TPSA) is 64.6 Å². The van der Waals surface area contributed by atoms with E-state index in [-0.39, 0.29) is 4.90 Å². The monoisotopic (exact) mass is 327 g/mol. The highest BCUT2D eigenvalue weighted by Gasteiger charge is 2.17. The van der Waals surface area contributed by atoms with Crippen LogP contribution in [0.1, 0.15) is 0 Å². The zero-order valence-electron chi connectivity index (χ0n) is 11.5. The van der Waals surface area contributed by atoms with Crippen LogP contribution >= 0.6 is 11.6 Å². The summed E-state index contributed by atoms with van der Waals surface area (Å²) in [5.74, 6) is 0.789. The molecular formula is C14H14ClNO4S. The maximum Gasteiger partial charge on any atom is 0.262 e. The Morgan fingerprint density at radius 2 is 1.48 bits per heavy atom. The maximum absolute atomic E-state index is 12.4. The number of benzene rings is 2. The molecule has 112 valence electrons. The molecule has 0 saturated carbocycles. The minimum atomic E-state index is -3.74. The maximum atomic E-state index is 12.4. The van der Waals surface area contributed by atoms with Gasteiger partial charge in [-0.3, -0.25) is 4.72 Å². The normalized spacial score (nSPS) is 11.0. The summed E-state index contributed by atoms with van der Waals surface area (Å²) >= 11 is 5.77. The van der Waals surface area contributed by atoms with E-state index in [2.05, 4.69) is 4.72 Å². The second-order valence-corrected chi connectivity index (χ2v) is 6.28. The second-order valence-electron chi connectivity index (χ2n) is 4.16. The van der Waals surface area contributed by atoms with Crippen molar-refractivity contribution in [3.8, 4) is 11.5 Å². The Kier molecular flexibility index (Phi) is 4.59. The zero-order chi connectivity index (χ0) is 15.5. The lowest BCUT2D eigenvalue weighted by Gasteiger charge is -2.11. The number of halogens is 1. The molecule has 1 N–H and O–H groups in total. The first-order valence-corrected chi connectivity index (χ1v) is 7.82. The van der Waals surface area contributed by atoms with E-state index < -0.39 is 10.0 Å². The number of nitrogens with one attached hydrogen (secondary N) is 1. The number of ether oxygens (including phenoxy) is 2. The van der Waals surface area contributed by atoms with Crippen LogP contribution in [0.5, 0.6) is 11.5 Å². The van der Waals surface area contributed by atoms with Gasteiger partial charge in [0.1, 0.15) is 11.5 Å². The molecule has 0 bridgehead atoms. The molecule has 2 aromatic carbocycles. The highest BCUT2D eigenvalue weighted by Crippen LogP contribution is 2.27. The van der Waals surface area contributed by atoms with Gasteiger partial charge in [0.15, 0.2) is 0 Å². The Bertz CT molecular complexity index is 707. The molecule has 0 aliphatic heterocycles. The van der Waals surface area contributed by atoms with Gasteiger partial charge >= 0.3 is 0 Å². The lowest BCUT2D eigenvalue weighted by molar-refractivity contribution is 0.392. The predicted molar refractivity (Wildman–Crippen MR) is 81.8 cm³/mol. The SMILES string of the molecule is COc1cc(OC)cc(S(=O)(=O)Nc2ccc(Cl)cc2)c1. The molecule has 0 aliphatic rings. The minimum absolute atomic E-state index is 0.0497. The summed E-state index contributed by atoms with van der Waals surface area (Å²) in [6, 6.07) is 10.8. The Balaban J connectivity index is 2.36. The van der Waals surface area contributed by atoms with E-state index in [0.717, 1.165) is 0 Å². The van der Waals surface area contributed by atoms with Gasteiger partial charge in [-0.1, -0.05) is 11.6 Å². The Hall–Kier alpha value is -1.92. The first-order chi connectivity index (χ1) is 9.94. The fourth-order valence-electron chi connectivity index (χ4n) is 1.67. The molecule has 7 heteroatoms. The number of anilines is 1. The third-order valence-corrected chi connectivity index (χ3v) is 4.34. The third kappa shape index (κ3) is 3.80. The van der Waals surface area contributed by atoms with E-state index in [1.165, 1.54) is 26.4 Å². The summed E-state index contributed by atoms with van der Waals surface area (Å²) in [4.78, 5) is 0.0497. The lowest BCUT2D eigenvalue weighted by atomic mass is 10.3. The summed E-state index contributed by atoms with van der Waals surface area (Å²) in [7, 11) is -0.832. The first-order valence-electron chi connectivity index (χ1n) is 5.96. The lowest BCUT2D eigenvalue weighted by Crippen LogP contribution is -2.13. The number of hydrogen-bond donors (Lipinski definition) is 1. The second kappa shape index (κ2) is 6.24. The van der Waals surface area contributed by atoms with Crippen molar-refractivity contribution in [3.05, 3.63) is 47.5 Å². The molecular weight excluding hydrogens is 314 g/mol. The molecule has 0 aliphatic carbocycles. The zero-order valence-corrected chi connectivity index (χ0v) is 13.0. The highest BCUT2D eigenvalue weighted by molar-refractivity contribution is 7.92. The van der Waals surface area contributed by atoms with E-state index >= 15 is 0 Å². The molecule has 21 heavy (non-hydrogen) atoms. The molecule has 0 heterocycles. The van der Waals surface area contributed by atoms with Crippen molar-refractivity contribution in [1.29, 1.82) is 0 Å².